The first-order chi connectivity index (χ1) is 9.15. The highest BCUT2D eigenvalue weighted by Gasteiger charge is 2.49. The maximum atomic E-state index is 12.0. The van der Waals surface area contributed by atoms with Crippen LogP contribution in [-0.4, -0.2) is 28.2 Å². The van der Waals surface area contributed by atoms with E-state index in [9.17, 15) is 4.79 Å². The highest BCUT2D eigenvalue weighted by atomic mass is 16.5. The van der Waals surface area contributed by atoms with Gasteiger partial charge in [0.1, 0.15) is 5.54 Å². The van der Waals surface area contributed by atoms with E-state index >= 15 is 0 Å². The molecule has 5 nitrogen and oxygen atoms in total. The van der Waals surface area contributed by atoms with Crippen molar-refractivity contribution < 1.29 is 9.53 Å². The van der Waals surface area contributed by atoms with Gasteiger partial charge in [0.05, 0.1) is 31.0 Å². The fourth-order valence-corrected chi connectivity index (χ4v) is 2.57. The summed E-state index contributed by atoms with van der Waals surface area (Å²) in [6, 6.07) is 7.82. The number of nitrogens with two attached hydrogens (primary N) is 1. The van der Waals surface area contributed by atoms with Crippen molar-refractivity contribution in [1.29, 1.82) is 0 Å². The summed E-state index contributed by atoms with van der Waals surface area (Å²) in [5, 5.41) is 0. The van der Waals surface area contributed by atoms with E-state index in [1.165, 1.54) is 7.11 Å². The topological polar surface area (TPSA) is 70.1 Å². The number of hydrogen-bond donors (Lipinski definition) is 1. The van der Waals surface area contributed by atoms with Crippen LogP contribution in [0.25, 0.3) is 11.0 Å². The molecule has 1 fully saturated rings. The van der Waals surface area contributed by atoms with Crippen molar-refractivity contribution >= 4 is 17.0 Å². The van der Waals surface area contributed by atoms with Gasteiger partial charge < -0.3 is 15.0 Å². The van der Waals surface area contributed by atoms with Gasteiger partial charge in [0.25, 0.3) is 0 Å². The molecule has 100 valence electrons. The summed E-state index contributed by atoms with van der Waals surface area (Å²) in [7, 11) is 1.39. The number of carbonyl (C=O) groups excluding carboxylic acids is 1. The Morgan fingerprint density at radius 3 is 2.95 bits per heavy atom. The van der Waals surface area contributed by atoms with E-state index in [4.69, 9.17) is 10.5 Å². The van der Waals surface area contributed by atoms with Crippen molar-refractivity contribution in [2.24, 2.45) is 11.7 Å². The SMILES string of the molecule is COC(=O)C(N)(Cn1cnc2ccccc21)C1CC1. The average Bonchev–Trinajstić information content (AvgIpc) is 3.22. The molecular formula is C14H17N3O2. The Balaban J connectivity index is 1.96. The van der Waals surface area contributed by atoms with Crippen LogP contribution in [0, 0.1) is 5.92 Å². The van der Waals surface area contributed by atoms with E-state index in [2.05, 4.69) is 4.98 Å². The molecule has 2 N–H and O–H groups in total. The smallest absolute Gasteiger partial charge is 0.327 e. The molecule has 1 aromatic carbocycles. The van der Waals surface area contributed by atoms with Gasteiger partial charge >= 0.3 is 5.97 Å². The molecule has 3 rings (SSSR count). The van der Waals surface area contributed by atoms with Gasteiger partial charge in [-0.1, -0.05) is 12.1 Å². The number of imidazole rings is 1. The first kappa shape index (κ1) is 12.2. The highest BCUT2D eigenvalue weighted by molar-refractivity contribution is 5.82. The average molecular weight is 259 g/mol. The van der Waals surface area contributed by atoms with Crippen LogP contribution >= 0.6 is 0 Å². The number of nitrogens with zero attached hydrogens (tertiary/aromatic N) is 2. The highest BCUT2D eigenvalue weighted by Crippen LogP contribution is 2.40. The molecule has 0 radical (unpaired) electrons. The Bertz CT molecular complexity index is 618. The van der Waals surface area contributed by atoms with E-state index in [-0.39, 0.29) is 11.9 Å². The molecule has 1 aromatic heterocycles. The molecule has 0 bridgehead atoms. The molecule has 0 spiro atoms. The van der Waals surface area contributed by atoms with Crippen LogP contribution in [0.2, 0.25) is 0 Å². The molecule has 5 heteroatoms. The quantitative estimate of drug-likeness (QED) is 0.841. The van der Waals surface area contributed by atoms with E-state index < -0.39 is 5.54 Å². The van der Waals surface area contributed by atoms with E-state index in [1.807, 2.05) is 28.8 Å². The minimum absolute atomic E-state index is 0.209. The van der Waals surface area contributed by atoms with Gasteiger partial charge in [0.15, 0.2) is 0 Å². The summed E-state index contributed by atoms with van der Waals surface area (Å²) < 4.78 is 6.81. The number of ether oxygens (including phenoxy) is 1. The summed E-state index contributed by atoms with van der Waals surface area (Å²) in [6.07, 6.45) is 3.70. The fraction of sp³-hybridized carbons (Fsp3) is 0.429. The Morgan fingerprint density at radius 1 is 1.53 bits per heavy atom. The van der Waals surface area contributed by atoms with Gasteiger partial charge in [0, 0.05) is 0 Å². The van der Waals surface area contributed by atoms with Crippen molar-refractivity contribution in [2.45, 2.75) is 24.9 Å². The molecule has 1 saturated carbocycles. The fourth-order valence-electron chi connectivity index (χ4n) is 2.57. The van der Waals surface area contributed by atoms with Crippen molar-refractivity contribution in [3.8, 4) is 0 Å². The third-order valence-corrected chi connectivity index (χ3v) is 3.83. The summed E-state index contributed by atoms with van der Waals surface area (Å²) >= 11 is 0. The zero-order valence-electron chi connectivity index (χ0n) is 10.9. The van der Waals surface area contributed by atoms with Gasteiger partial charge in [-0.3, -0.25) is 0 Å². The lowest BCUT2D eigenvalue weighted by Crippen LogP contribution is -2.54. The summed E-state index contributed by atoms with van der Waals surface area (Å²) in [5.74, 6) is -0.131. The zero-order chi connectivity index (χ0) is 13.5. The van der Waals surface area contributed by atoms with E-state index in [1.54, 1.807) is 6.33 Å². The second kappa shape index (κ2) is 4.35. The summed E-state index contributed by atoms with van der Waals surface area (Å²) in [6.45, 7) is 0.408. The lowest BCUT2D eigenvalue weighted by atomic mass is 9.94. The Labute approximate surface area is 111 Å². The molecule has 0 aliphatic heterocycles. The molecule has 1 aliphatic carbocycles. The number of aromatic nitrogens is 2. The molecule has 2 aromatic rings. The summed E-state index contributed by atoms with van der Waals surface area (Å²) in [5.41, 5.74) is 7.27. The van der Waals surface area contributed by atoms with Crippen LogP contribution in [0.3, 0.4) is 0 Å². The molecule has 0 amide bonds. The number of para-hydroxylation sites is 2. The van der Waals surface area contributed by atoms with Gasteiger partial charge in [-0.25, -0.2) is 9.78 Å². The first-order valence-electron chi connectivity index (χ1n) is 6.42. The number of rotatable bonds is 4. The second-order valence-electron chi connectivity index (χ2n) is 5.17. The van der Waals surface area contributed by atoms with Crippen LogP contribution in [0.15, 0.2) is 30.6 Å². The maximum Gasteiger partial charge on any atom is 0.327 e. The number of fused-ring (bicyclic) bond motifs is 1. The molecule has 0 saturated heterocycles. The third kappa shape index (κ3) is 2.00. The van der Waals surface area contributed by atoms with Gasteiger partial charge in [-0.2, -0.15) is 0 Å². The molecule has 19 heavy (non-hydrogen) atoms. The van der Waals surface area contributed by atoms with Gasteiger partial charge in [-0.15, -0.1) is 0 Å². The van der Waals surface area contributed by atoms with Gasteiger partial charge in [0.2, 0.25) is 0 Å². The largest absolute Gasteiger partial charge is 0.468 e. The second-order valence-corrected chi connectivity index (χ2v) is 5.17. The number of methoxy groups -OCH3 is 1. The van der Waals surface area contributed by atoms with Gasteiger partial charge in [-0.05, 0) is 30.9 Å². The maximum absolute atomic E-state index is 12.0. The third-order valence-electron chi connectivity index (χ3n) is 3.83. The summed E-state index contributed by atoms with van der Waals surface area (Å²) in [4.78, 5) is 16.3. The standard InChI is InChI=1S/C14H17N3O2/c1-19-13(18)14(15,10-6-7-10)8-17-9-16-11-4-2-3-5-12(11)17/h2-5,9-10H,6-8,15H2,1H3. The Kier molecular flexibility index (Phi) is 2.78. The van der Waals surface area contributed by atoms with Crippen molar-refractivity contribution in [1.82, 2.24) is 9.55 Å². The molecule has 1 heterocycles. The number of hydrogen-bond acceptors (Lipinski definition) is 4. The van der Waals surface area contributed by atoms with Crippen LogP contribution in [0.4, 0.5) is 0 Å². The minimum Gasteiger partial charge on any atom is -0.468 e. The molecule has 1 atom stereocenters. The predicted molar refractivity (Wildman–Crippen MR) is 71.4 cm³/mol. The monoisotopic (exact) mass is 259 g/mol. The predicted octanol–water partition coefficient (Wildman–Crippen LogP) is 1.32. The lowest BCUT2D eigenvalue weighted by molar-refractivity contribution is -0.148. The van der Waals surface area contributed by atoms with Crippen molar-refractivity contribution in [2.75, 3.05) is 7.11 Å². The number of benzene rings is 1. The Morgan fingerprint density at radius 2 is 2.26 bits per heavy atom. The number of esters is 1. The molecular weight excluding hydrogens is 242 g/mol. The molecule has 1 unspecified atom stereocenters. The molecule has 1 aliphatic rings. The van der Waals surface area contributed by atoms with Crippen molar-refractivity contribution in [3.63, 3.8) is 0 Å². The van der Waals surface area contributed by atoms with Crippen molar-refractivity contribution in [3.05, 3.63) is 30.6 Å². The first-order valence-corrected chi connectivity index (χ1v) is 6.42. The van der Waals surface area contributed by atoms with E-state index in [0.717, 1.165) is 23.9 Å². The van der Waals surface area contributed by atoms with Crippen LogP contribution in [0.1, 0.15) is 12.8 Å². The van der Waals surface area contributed by atoms with Crippen LogP contribution < -0.4 is 5.73 Å². The van der Waals surface area contributed by atoms with Crippen LogP contribution in [-0.2, 0) is 16.1 Å². The lowest BCUT2D eigenvalue weighted by Gasteiger charge is -2.27. The number of carbonyl (C=O) groups is 1. The Hall–Kier alpha value is -1.88. The van der Waals surface area contributed by atoms with Crippen LogP contribution in [0.5, 0.6) is 0 Å². The van der Waals surface area contributed by atoms with E-state index in [0.29, 0.717) is 6.54 Å². The zero-order valence-corrected chi connectivity index (χ0v) is 10.9. The minimum atomic E-state index is -0.946. The normalized spacial score (nSPS) is 18.2.